The van der Waals surface area contributed by atoms with Crippen LogP contribution in [0.25, 0.3) is 0 Å². The minimum atomic E-state index is -0.729. The second-order valence-electron chi connectivity index (χ2n) is 7.65. The van der Waals surface area contributed by atoms with Crippen molar-refractivity contribution in [1.82, 2.24) is 10.4 Å². The summed E-state index contributed by atoms with van der Waals surface area (Å²) in [7, 11) is 0. The summed E-state index contributed by atoms with van der Waals surface area (Å²) >= 11 is 5.71. The number of benzene rings is 3. The largest absolute Gasteiger partial charge is 0.490 e. The number of amides is 2. The lowest BCUT2D eigenvalue weighted by molar-refractivity contribution is 0.0490. The molecule has 0 saturated carbocycles. The van der Waals surface area contributed by atoms with E-state index in [1.165, 1.54) is 5.01 Å². The van der Waals surface area contributed by atoms with E-state index in [1.807, 2.05) is 12.1 Å². The second-order valence-corrected chi connectivity index (χ2v) is 9.75. The first-order chi connectivity index (χ1) is 17.4. The van der Waals surface area contributed by atoms with Crippen molar-refractivity contribution in [2.45, 2.75) is 6.17 Å². The van der Waals surface area contributed by atoms with Crippen LogP contribution in [-0.4, -0.2) is 30.0 Å². The van der Waals surface area contributed by atoms with Crippen molar-refractivity contribution in [3.05, 3.63) is 98.1 Å². The number of terminal acetylenes is 1. The molecule has 2 amide bonds. The number of ether oxygens (including phenoxy) is 2. The molecule has 1 aliphatic heterocycles. The number of fused-ring (bicyclic) bond motifs is 1. The number of nitrogens with zero attached hydrogens (tertiary/aromatic N) is 1. The minimum absolute atomic E-state index is 0.103. The van der Waals surface area contributed by atoms with Gasteiger partial charge in [0, 0.05) is 24.9 Å². The van der Waals surface area contributed by atoms with Crippen LogP contribution in [0.15, 0.2) is 77.8 Å². The number of hydrazine groups is 1. The smallest absolute Gasteiger partial charge is 0.276 e. The van der Waals surface area contributed by atoms with E-state index in [0.717, 1.165) is 8.04 Å². The van der Waals surface area contributed by atoms with E-state index in [1.54, 1.807) is 54.6 Å². The molecule has 0 radical (unpaired) electrons. The number of rotatable bonds is 8. The van der Waals surface area contributed by atoms with E-state index < -0.39 is 12.1 Å². The Bertz CT molecular complexity index is 1350. The predicted octanol–water partition coefficient (Wildman–Crippen LogP) is 5.54. The van der Waals surface area contributed by atoms with Gasteiger partial charge in [0.2, 0.25) is 0 Å². The molecule has 0 fully saturated rings. The molecule has 36 heavy (non-hydrogen) atoms. The van der Waals surface area contributed by atoms with E-state index in [-0.39, 0.29) is 12.5 Å². The third kappa shape index (κ3) is 5.66. The van der Waals surface area contributed by atoms with Gasteiger partial charge in [0.15, 0.2) is 0 Å². The highest BCUT2D eigenvalue weighted by Gasteiger charge is 2.36. The Morgan fingerprint density at radius 2 is 1.92 bits per heavy atom. The van der Waals surface area contributed by atoms with Gasteiger partial charge in [0.25, 0.3) is 11.8 Å². The molecule has 1 atom stereocenters. The van der Waals surface area contributed by atoms with Crippen LogP contribution < -0.4 is 20.2 Å². The molecule has 0 aliphatic carbocycles. The highest BCUT2D eigenvalue weighted by atomic mass is 127. The Kier molecular flexibility index (Phi) is 8.18. The first-order valence-electron chi connectivity index (χ1n) is 10.8. The standard InChI is InChI=1S/C27H21BrIN3O4/c1-3-13-35-19-8-5-17(6-9-19)26(33)31-32-25(21-16-20(36-14-4-2)10-11-23(21)28)30-24-12-7-18(29)15-22(24)27(32)34/h2-3,5-12,15-16,25,30H,1,13-14H2,(H,31,33). The van der Waals surface area contributed by atoms with Crippen molar-refractivity contribution in [2.24, 2.45) is 0 Å². The highest BCUT2D eigenvalue weighted by Crippen LogP contribution is 2.37. The molecule has 0 saturated heterocycles. The monoisotopic (exact) mass is 657 g/mol. The van der Waals surface area contributed by atoms with Crippen molar-refractivity contribution in [2.75, 3.05) is 18.5 Å². The fraction of sp³-hybridized carbons (Fsp3) is 0.111. The van der Waals surface area contributed by atoms with Gasteiger partial charge in [-0.2, -0.15) is 0 Å². The molecule has 0 bridgehead atoms. The van der Waals surface area contributed by atoms with Gasteiger partial charge in [-0.15, -0.1) is 6.42 Å². The molecule has 7 nitrogen and oxygen atoms in total. The molecule has 0 spiro atoms. The molecule has 3 aromatic rings. The lowest BCUT2D eigenvalue weighted by atomic mass is 10.0. The summed E-state index contributed by atoms with van der Waals surface area (Å²) in [6, 6.07) is 17.5. The lowest BCUT2D eigenvalue weighted by Gasteiger charge is -2.38. The minimum Gasteiger partial charge on any atom is -0.490 e. The van der Waals surface area contributed by atoms with Crippen LogP contribution >= 0.6 is 38.5 Å². The van der Waals surface area contributed by atoms with Gasteiger partial charge in [-0.05, 0) is 83.3 Å². The summed E-state index contributed by atoms with van der Waals surface area (Å²) in [6.07, 6.45) is 6.24. The van der Waals surface area contributed by atoms with E-state index in [4.69, 9.17) is 15.9 Å². The number of hydrogen-bond acceptors (Lipinski definition) is 5. The molecule has 0 aromatic heterocycles. The van der Waals surface area contributed by atoms with Gasteiger partial charge in [-0.3, -0.25) is 15.0 Å². The summed E-state index contributed by atoms with van der Waals surface area (Å²) < 4.78 is 12.7. The summed E-state index contributed by atoms with van der Waals surface area (Å²) in [5.41, 5.74) is 4.92. The average Bonchev–Trinajstić information content (AvgIpc) is 2.89. The Morgan fingerprint density at radius 3 is 2.64 bits per heavy atom. The van der Waals surface area contributed by atoms with Gasteiger partial charge in [-0.25, -0.2) is 5.01 Å². The molecule has 9 heteroatoms. The van der Waals surface area contributed by atoms with Crippen LogP contribution in [0.4, 0.5) is 5.69 Å². The first kappa shape index (κ1) is 25.6. The maximum Gasteiger partial charge on any atom is 0.276 e. The average molecular weight is 658 g/mol. The zero-order chi connectivity index (χ0) is 25.7. The normalized spacial score (nSPS) is 14.2. The summed E-state index contributed by atoms with van der Waals surface area (Å²) in [5.74, 6) is 2.78. The van der Waals surface area contributed by atoms with Gasteiger partial charge in [0.1, 0.15) is 30.9 Å². The van der Waals surface area contributed by atoms with Crippen molar-refractivity contribution in [1.29, 1.82) is 0 Å². The molecular weight excluding hydrogens is 637 g/mol. The van der Waals surface area contributed by atoms with Crippen LogP contribution in [0.5, 0.6) is 11.5 Å². The molecule has 2 N–H and O–H groups in total. The van der Waals surface area contributed by atoms with Crippen LogP contribution in [0.1, 0.15) is 32.4 Å². The molecule has 1 unspecified atom stereocenters. The molecule has 4 rings (SSSR count). The zero-order valence-electron chi connectivity index (χ0n) is 19.0. The summed E-state index contributed by atoms with van der Waals surface area (Å²) in [5, 5.41) is 4.65. The van der Waals surface area contributed by atoms with Crippen LogP contribution in [0.2, 0.25) is 0 Å². The number of carbonyl (C=O) groups excluding carboxylic acids is 2. The summed E-state index contributed by atoms with van der Waals surface area (Å²) in [4.78, 5) is 26.8. The van der Waals surface area contributed by atoms with Crippen molar-refractivity contribution in [3.8, 4) is 23.8 Å². The second kappa shape index (κ2) is 11.5. The Balaban J connectivity index is 1.68. The van der Waals surface area contributed by atoms with Crippen molar-refractivity contribution < 1.29 is 19.1 Å². The van der Waals surface area contributed by atoms with Crippen molar-refractivity contribution in [3.63, 3.8) is 0 Å². The number of nitrogens with one attached hydrogen (secondary N) is 2. The Hall–Kier alpha value is -3.49. The SMILES string of the molecule is C#CCOc1ccc(Br)c(C2Nc3ccc(I)cc3C(=O)N2NC(=O)c2ccc(OCC=C)cc2)c1. The maximum absolute atomic E-state index is 13.6. The van der Waals surface area contributed by atoms with Crippen molar-refractivity contribution >= 4 is 56.0 Å². The number of hydrogen-bond donors (Lipinski definition) is 2. The van der Waals surface area contributed by atoms with E-state index in [2.05, 4.69) is 61.8 Å². The number of carbonyl (C=O) groups is 2. The van der Waals surface area contributed by atoms with Crippen LogP contribution in [0, 0.1) is 15.9 Å². The zero-order valence-corrected chi connectivity index (χ0v) is 22.7. The van der Waals surface area contributed by atoms with E-state index in [9.17, 15) is 9.59 Å². The third-order valence-electron chi connectivity index (χ3n) is 5.27. The maximum atomic E-state index is 13.6. The number of halogens is 2. The lowest BCUT2D eigenvalue weighted by Crippen LogP contribution is -2.53. The van der Waals surface area contributed by atoms with Gasteiger partial charge >= 0.3 is 0 Å². The Labute approximate surface area is 231 Å². The van der Waals surface area contributed by atoms with Gasteiger partial charge in [-0.1, -0.05) is 34.5 Å². The van der Waals surface area contributed by atoms with Crippen LogP contribution in [0.3, 0.4) is 0 Å². The molecular formula is C27H21BrIN3O4. The fourth-order valence-corrected chi connectivity index (χ4v) is 4.54. The van der Waals surface area contributed by atoms with Gasteiger partial charge < -0.3 is 14.8 Å². The Morgan fingerprint density at radius 1 is 1.17 bits per heavy atom. The topological polar surface area (TPSA) is 79.9 Å². The van der Waals surface area contributed by atoms with E-state index in [0.29, 0.717) is 40.5 Å². The van der Waals surface area contributed by atoms with Gasteiger partial charge in [0.05, 0.1) is 5.56 Å². The van der Waals surface area contributed by atoms with Crippen LogP contribution in [-0.2, 0) is 0 Å². The number of anilines is 1. The molecule has 3 aromatic carbocycles. The highest BCUT2D eigenvalue weighted by molar-refractivity contribution is 14.1. The van der Waals surface area contributed by atoms with E-state index >= 15 is 0 Å². The molecule has 1 aliphatic rings. The molecule has 182 valence electrons. The first-order valence-corrected chi connectivity index (χ1v) is 12.7. The quantitative estimate of drug-likeness (QED) is 0.189. The third-order valence-corrected chi connectivity index (χ3v) is 6.66. The molecule has 1 heterocycles. The predicted molar refractivity (Wildman–Crippen MR) is 150 cm³/mol. The summed E-state index contributed by atoms with van der Waals surface area (Å²) in [6.45, 7) is 4.08. The fourth-order valence-electron chi connectivity index (χ4n) is 3.59.